The van der Waals surface area contributed by atoms with Gasteiger partial charge in [0.1, 0.15) is 0 Å². The van der Waals surface area contributed by atoms with E-state index in [2.05, 4.69) is 35.0 Å². The first-order valence-electron chi connectivity index (χ1n) is 11.7. The van der Waals surface area contributed by atoms with Crippen LogP contribution in [-0.2, 0) is 16.8 Å². The molecule has 1 atom stereocenters. The minimum atomic E-state index is -1.04. The first-order valence-corrected chi connectivity index (χ1v) is 11.7. The lowest BCUT2D eigenvalue weighted by atomic mass is 9.61. The quantitative estimate of drug-likeness (QED) is 0.698. The largest absolute Gasteiger partial charge is 0.393 e. The van der Waals surface area contributed by atoms with Gasteiger partial charge in [0.05, 0.1) is 6.10 Å². The molecule has 5 rings (SSSR count). The van der Waals surface area contributed by atoms with Crippen molar-refractivity contribution >= 4 is 11.9 Å². The van der Waals surface area contributed by atoms with Crippen LogP contribution < -0.4 is 5.73 Å². The molecular weight excluding hydrogens is 412 g/mol. The average molecular weight is 443 g/mol. The van der Waals surface area contributed by atoms with E-state index in [1.54, 1.807) is 18.0 Å². The first-order chi connectivity index (χ1) is 15.8. The Balaban J connectivity index is 1.69. The number of guanidine groups is 1. The Bertz CT molecular complexity index is 1210. The van der Waals surface area contributed by atoms with Gasteiger partial charge >= 0.3 is 0 Å². The number of fused-ring (bicyclic) bond motifs is 3. The summed E-state index contributed by atoms with van der Waals surface area (Å²) in [5.41, 5.74) is 9.85. The van der Waals surface area contributed by atoms with Crippen molar-refractivity contribution in [2.75, 3.05) is 0 Å². The zero-order valence-corrected chi connectivity index (χ0v) is 19.4. The summed E-state index contributed by atoms with van der Waals surface area (Å²) < 4.78 is 0. The molecular formula is C27H30N4O2. The number of aliphatic hydroxyl groups is 1. The Kier molecular flexibility index (Phi) is 5.06. The molecule has 1 aromatic carbocycles. The van der Waals surface area contributed by atoms with Crippen LogP contribution >= 0.6 is 0 Å². The number of aromatic nitrogens is 1. The monoisotopic (exact) mass is 442 g/mol. The van der Waals surface area contributed by atoms with E-state index in [0.717, 1.165) is 47.1 Å². The first kappa shape index (κ1) is 21.7. The highest BCUT2D eigenvalue weighted by Gasteiger charge is 2.66. The molecule has 170 valence electrons. The number of benzene rings is 1. The molecule has 0 saturated heterocycles. The molecule has 2 spiro atoms. The Morgan fingerprint density at radius 1 is 1.18 bits per heavy atom. The predicted molar refractivity (Wildman–Crippen MR) is 128 cm³/mol. The molecule has 33 heavy (non-hydrogen) atoms. The van der Waals surface area contributed by atoms with Crippen LogP contribution in [0.2, 0.25) is 0 Å². The zero-order chi connectivity index (χ0) is 23.4. The van der Waals surface area contributed by atoms with Crippen molar-refractivity contribution in [3.8, 4) is 23.0 Å². The van der Waals surface area contributed by atoms with Crippen molar-refractivity contribution < 1.29 is 9.90 Å². The van der Waals surface area contributed by atoms with Crippen LogP contribution in [0.25, 0.3) is 11.1 Å². The fourth-order valence-electron chi connectivity index (χ4n) is 6.10. The number of rotatable bonds is 2. The molecule has 1 saturated carbocycles. The second kappa shape index (κ2) is 7.71. The van der Waals surface area contributed by atoms with Gasteiger partial charge in [-0.1, -0.05) is 18.1 Å². The molecule has 0 bridgehead atoms. The van der Waals surface area contributed by atoms with E-state index in [1.807, 2.05) is 26.1 Å². The summed E-state index contributed by atoms with van der Waals surface area (Å²) in [6.45, 7) is 5.74. The summed E-state index contributed by atoms with van der Waals surface area (Å²) in [7, 11) is 0. The number of amides is 1. The Hall–Kier alpha value is -3.17. The fourth-order valence-corrected chi connectivity index (χ4v) is 6.10. The van der Waals surface area contributed by atoms with Gasteiger partial charge in [0.25, 0.3) is 5.91 Å². The van der Waals surface area contributed by atoms with E-state index in [-0.39, 0.29) is 23.5 Å². The van der Waals surface area contributed by atoms with Crippen molar-refractivity contribution in [1.29, 1.82) is 0 Å². The van der Waals surface area contributed by atoms with Gasteiger partial charge in [-0.05, 0) is 81.7 Å². The SMILES string of the molecule is CC#Cc1cncc(-c2ccc3c(c2)C2(N=C(N)N(C(C)C)C2=O)C2(CCC(O)CC2)C3)c1. The second-order valence-corrected chi connectivity index (χ2v) is 9.85. The molecule has 1 aliphatic heterocycles. The molecule has 3 N–H and O–H groups in total. The van der Waals surface area contributed by atoms with Crippen LogP contribution in [0.15, 0.2) is 41.7 Å². The lowest BCUT2D eigenvalue weighted by Crippen LogP contribution is -2.53. The second-order valence-electron chi connectivity index (χ2n) is 9.85. The Labute approximate surface area is 194 Å². The number of carbonyl (C=O) groups excluding carboxylic acids is 1. The van der Waals surface area contributed by atoms with Gasteiger partial charge in [-0.15, -0.1) is 5.92 Å². The molecule has 1 aromatic heterocycles. The summed E-state index contributed by atoms with van der Waals surface area (Å²) in [5.74, 6) is 6.24. The number of pyridine rings is 1. The van der Waals surface area contributed by atoms with Crippen LogP contribution in [0, 0.1) is 17.3 Å². The molecule has 2 heterocycles. The molecule has 6 heteroatoms. The van der Waals surface area contributed by atoms with E-state index in [9.17, 15) is 9.90 Å². The maximum Gasteiger partial charge on any atom is 0.262 e. The van der Waals surface area contributed by atoms with Gasteiger partial charge < -0.3 is 10.8 Å². The number of aliphatic hydroxyl groups excluding tert-OH is 1. The minimum absolute atomic E-state index is 0.0361. The van der Waals surface area contributed by atoms with Crippen molar-refractivity contribution in [3.05, 3.63) is 53.3 Å². The number of nitrogens with zero attached hydrogens (tertiary/aromatic N) is 3. The number of hydrogen-bond donors (Lipinski definition) is 2. The van der Waals surface area contributed by atoms with E-state index < -0.39 is 5.54 Å². The maximum atomic E-state index is 14.1. The summed E-state index contributed by atoms with van der Waals surface area (Å²) in [4.78, 5) is 25.1. The molecule has 1 unspecified atom stereocenters. The number of carbonyl (C=O) groups is 1. The molecule has 2 aromatic rings. The van der Waals surface area contributed by atoms with Gasteiger partial charge in [0, 0.05) is 35.0 Å². The van der Waals surface area contributed by atoms with Crippen molar-refractivity contribution in [2.24, 2.45) is 16.1 Å². The molecule has 1 amide bonds. The van der Waals surface area contributed by atoms with Crippen LogP contribution in [0.4, 0.5) is 0 Å². The Morgan fingerprint density at radius 3 is 2.61 bits per heavy atom. The summed E-state index contributed by atoms with van der Waals surface area (Å²) in [5, 5.41) is 10.2. The highest BCUT2D eigenvalue weighted by Crippen LogP contribution is 2.62. The van der Waals surface area contributed by atoms with Gasteiger partial charge in [0.15, 0.2) is 11.5 Å². The van der Waals surface area contributed by atoms with Crippen LogP contribution in [0.5, 0.6) is 0 Å². The van der Waals surface area contributed by atoms with Crippen LogP contribution in [0.1, 0.15) is 63.1 Å². The third-order valence-electron chi connectivity index (χ3n) is 7.62. The summed E-state index contributed by atoms with van der Waals surface area (Å²) in [6, 6.07) is 8.27. The lowest BCUT2D eigenvalue weighted by molar-refractivity contribution is -0.139. The predicted octanol–water partition coefficient (Wildman–Crippen LogP) is 3.36. The van der Waals surface area contributed by atoms with Gasteiger partial charge in [-0.3, -0.25) is 14.7 Å². The third-order valence-corrected chi connectivity index (χ3v) is 7.62. The molecule has 6 nitrogen and oxygen atoms in total. The number of nitrogens with two attached hydrogens (primary N) is 1. The number of hydrogen-bond acceptors (Lipinski definition) is 5. The highest BCUT2D eigenvalue weighted by molar-refractivity contribution is 6.08. The third kappa shape index (κ3) is 3.10. The van der Waals surface area contributed by atoms with E-state index in [4.69, 9.17) is 10.7 Å². The maximum absolute atomic E-state index is 14.1. The van der Waals surface area contributed by atoms with Crippen molar-refractivity contribution in [1.82, 2.24) is 9.88 Å². The topological polar surface area (TPSA) is 91.8 Å². The normalized spacial score (nSPS) is 28.3. The lowest BCUT2D eigenvalue weighted by Gasteiger charge is -2.44. The Morgan fingerprint density at radius 2 is 1.94 bits per heavy atom. The van der Waals surface area contributed by atoms with E-state index in [0.29, 0.717) is 18.8 Å². The number of aliphatic imine (C=N–C) groups is 1. The van der Waals surface area contributed by atoms with Gasteiger partial charge in [-0.2, -0.15) is 0 Å². The van der Waals surface area contributed by atoms with Crippen LogP contribution in [0.3, 0.4) is 0 Å². The highest BCUT2D eigenvalue weighted by atomic mass is 16.3. The average Bonchev–Trinajstić information content (AvgIpc) is 3.22. The molecule has 2 aliphatic carbocycles. The minimum Gasteiger partial charge on any atom is -0.393 e. The summed E-state index contributed by atoms with van der Waals surface area (Å²) >= 11 is 0. The van der Waals surface area contributed by atoms with Crippen molar-refractivity contribution in [2.45, 2.75) is 70.6 Å². The van der Waals surface area contributed by atoms with Crippen molar-refractivity contribution in [3.63, 3.8) is 0 Å². The molecule has 0 radical (unpaired) electrons. The fraction of sp³-hybridized carbons (Fsp3) is 0.444. The van der Waals surface area contributed by atoms with E-state index >= 15 is 0 Å². The van der Waals surface area contributed by atoms with Gasteiger partial charge in [0.2, 0.25) is 0 Å². The van der Waals surface area contributed by atoms with Crippen LogP contribution in [-0.4, -0.2) is 39.0 Å². The van der Waals surface area contributed by atoms with E-state index in [1.165, 1.54) is 0 Å². The summed E-state index contributed by atoms with van der Waals surface area (Å²) in [6.07, 6.45) is 6.87. The standard InChI is InChI=1S/C27H30N4O2/c1-4-5-18-12-21(16-29-15-18)19-6-7-20-14-26(10-8-22(32)9-11-26)27(23(20)13-19)24(33)31(17(2)3)25(28)30-27/h6-7,12-13,15-17,22,32H,8-11,14H2,1-3H3,(H2,28,30). The zero-order valence-electron chi connectivity index (χ0n) is 19.4. The smallest absolute Gasteiger partial charge is 0.262 e. The molecule has 3 aliphatic rings. The van der Waals surface area contributed by atoms with Gasteiger partial charge in [-0.25, -0.2) is 4.99 Å². The molecule has 1 fully saturated rings.